The number of carboxylic acid groups (broad SMARTS) is 1. The van der Waals surface area contributed by atoms with Crippen molar-refractivity contribution >= 4 is 18.0 Å². The highest BCUT2D eigenvalue weighted by Gasteiger charge is 2.03. The molecule has 0 bridgehead atoms. The van der Waals surface area contributed by atoms with Crippen molar-refractivity contribution in [3.05, 3.63) is 0 Å². The van der Waals surface area contributed by atoms with Gasteiger partial charge < -0.3 is 25.6 Å². The van der Waals surface area contributed by atoms with Crippen LogP contribution in [0.3, 0.4) is 0 Å². The molecule has 0 heterocycles. The van der Waals surface area contributed by atoms with Gasteiger partial charge in [0.2, 0.25) is 0 Å². The van der Waals surface area contributed by atoms with E-state index in [9.17, 15) is 14.4 Å². The zero-order valence-electron chi connectivity index (χ0n) is 21.2. The molecule has 0 aromatic heterocycles. The van der Waals surface area contributed by atoms with Gasteiger partial charge in [0.1, 0.15) is 0 Å². The van der Waals surface area contributed by atoms with Crippen molar-refractivity contribution in [2.45, 2.75) is 117 Å². The summed E-state index contributed by atoms with van der Waals surface area (Å²) in [5, 5.41) is 10.6. The topological polar surface area (TPSA) is 128 Å². The second-order valence-electron chi connectivity index (χ2n) is 8.20. The lowest BCUT2D eigenvalue weighted by molar-refractivity contribution is -0.144. The highest BCUT2D eigenvalue weighted by atomic mass is 16.5. The standard InChI is InChI=1S/C13H25NO4.C12H25NO2/c1-2-3-8-11-18-12(15)9-6-4-5-7-10-14-13(16)17;1-2-3-8-11-15-12(14)9-6-4-5-7-10-13/h14H,2-11H2,1H3,(H,16,17);2-11,13H2,1H3. The molecule has 0 atom stereocenters. The van der Waals surface area contributed by atoms with Crippen molar-refractivity contribution in [3.63, 3.8) is 0 Å². The first kappa shape index (κ1) is 33.3. The Morgan fingerprint density at radius 2 is 1.12 bits per heavy atom. The fourth-order valence-corrected chi connectivity index (χ4v) is 2.93. The molecule has 0 aliphatic carbocycles. The molecule has 0 fully saturated rings. The van der Waals surface area contributed by atoms with Crippen molar-refractivity contribution in [3.8, 4) is 0 Å². The number of ether oxygens (including phenoxy) is 2. The number of unbranched alkanes of at least 4 members (excludes halogenated alkanes) is 10. The number of nitrogens with two attached hydrogens (primary N) is 1. The molecule has 0 rings (SSSR count). The van der Waals surface area contributed by atoms with E-state index in [0.717, 1.165) is 96.4 Å². The van der Waals surface area contributed by atoms with Gasteiger partial charge in [-0.15, -0.1) is 0 Å². The summed E-state index contributed by atoms with van der Waals surface area (Å²) in [6.45, 7) is 6.61. The highest BCUT2D eigenvalue weighted by molar-refractivity contribution is 5.69. The largest absolute Gasteiger partial charge is 0.466 e. The van der Waals surface area contributed by atoms with E-state index in [1.165, 1.54) is 0 Å². The zero-order chi connectivity index (χ0) is 25.0. The second kappa shape index (κ2) is 28.2. The average molecular weight is 475 g/mol. The Balaban J connectivity index is 0. The average Bonchev–Trinajstić information content (AvgIpc) is 2.79. The molecule has 33 heavy (non-hydrogen) atoms. The molecule has 0 radical (unpaired) electrons. The molecule has 0 spiro atoms. The summed E-state index contributed by atoms with van der Waals surface area (Å²) in [5.74, 6) is -0.159. The first-order valence-electron chi connectivity index (χ1n) is 13.0. The Morgan fingerprint density at radius 3 is 1.55 bits per heavy atom. The van der Waals surface area contributed by atoms with Crippen LogP contribution < -0.4 is 11.1 Å². The molecule has 0 aromatic carbocycles. The minimum atomic E-state index is -0.981. The van der Waals surface area contributed by atoms with Crippen LogP contribution in [0.1, 0.15) is 117 Å². The third kappa shape index (κ3) is 32.4. The van der Waals surface area contributed by atoms with E-state index < -0.39 is 6.09 Å². The van der Waals surface area contributed by atoms with Crippen LogP contribution >= 0.6 is 0 Å². The van der Waals surface area contributed by atoms with E-state index in [1.807, 2.05) is 0 Å². The van der Waals surface area contributed by atoms with Crippen molar-refractivity contribution in [2.24, 2.45) is 5.73 Å². The van der Waals surface area contributed by atoms with Crippen LogP contribution in [-0.4, -0.2) is 49.4 Å². The summed E-state index contributed by atoms with van der Waals surface area (Å²) in [5.41, 5.74) is 5.37. The van der Waals surface area contributed by atoms with Gasteiger partial charge in [0.25, 0.3) is 0 Å². The number of carbonyl (C=O) groups is 3. The van der Waals surface area contributed by atoms with Crippen molar-refractivity contribution in [2.75, 3.05) is 26.3 Å². The van der Waals surface area contributed by atoms with Gasteiger partial charge in [0, 0.05) is 19.4 Å². The van der Waals surface area contributed by atoms with Crippen molar-refractivity contribution in [1.29, 1.82) is 0 Å². The molecular weight excluding hydrogens is 424 g/mol. The van der Waals surface area contributed by atoms with Crippen molar-refractivity contribution < 1.29 is 29.0 Å². The lowest BCUT2D eigenvalue weighted by atomic mass is 10.1. The van der Waals surface area contributed by atoms with E-state index in [2.05, 4.69) is 19.2 Å². The van der Waals surface area contributed by atoms with E-state index in [-0.39, 0.29) is 11.9 Å². The maximum absolute atomic E-state index is 11.3. The monoisotopic (exact) mass is 474 g/mol. The first-order valence-corrected chi connectivity index (χ1v) is 13.0. The van der Waals surface area contributed by atoms with Crippen LogP contribution in [0.15, 0.2) is 0 Å². The molecule has 196 valence electrons. The fraction of sp³-hybridized carbons (Fsp3) is 0.880. The normalized spacial score (nSPS) is 10.2. The quantitative estimate of drug-likeness (QED) is 0.147. The van der Waals surface area contributed by atoms with E-state index in [1.54, 1.807) is 0 Å². The maximum atomic E-state index is 11.3. The Labute approximate surface area is 201 Å². The summed E-state index contributed by atoms with van der Waals surface area (Å²) in [7, 11) is 0. The number of nitrogens with one attached hydrogen (secondary N) is 1. The predicted octanol–water partition coefficient (Wildman–Crippen LogP) is 5.57. The van der Waals surface area contributed by atoms with E-state index in [4.69, 9.17) is 20.3 Å². The molecule has 8 heteroatoms. The molecule has 0 aliphatic rings. The summed E-state index contributed by atoms with van der Waals surface area (Å²) in [6.07, 6.45) is 14.2. The number of rotatable bonds is 21. The number of hydrogen-bond acceptors (Lipinski definition) is 6. The van der Waals surface area contributed by atoms with Gasteiger partial charge in [-0.25, -0.2) is 4.79 Å². The zero-order valence-corrected chi connectivity index (χ0v) is 21.2. The lowest BCUT2D eigenvalue weighted by Crippen LogP contribution is -2.21. The molecule has 0 saturated heterocycles. The third-order valence-corrected chi connectivity index (χ3v) is 4.94. The Kier molecular flexibility index (Phi) is 28.5. The molecule has 0 aromatic rings. The van der Waals surface area contributed by atoms with Crippen LogP contribution in [0.2, 0.25) is 0 Å². The maximum Gasteiger partial charge on any atom is 0.404 e. The minimum Gasteiger partial charge on any atom is -0.466 e. The summed E-state index contributed by atoms with van der Waals surface area (Å²) < 4.78 is 10.2. The number of carbonyl (C=O) groups excluding carboxylic acids is 2. The van der Waals surface area contributed by atoms with Gasteiger partial charge in [-0.1, -0.05) is 65.2 Å². The Bertz CT molecular complexity index is 460. The van der Waals surface area contributed by atoms with Gasteiger partial charge in [0.15, 0.2) is 0 Å². The molecule has 0 unspecified atom stereocenters. The molecule has 8 nitrogen and oxygen atoms in total. The minimum absolute atomic E-state index is 0.0427. The molecular formula is C25H50N2O6. The Morgan fingerprint density at radius 1 is 0.667 bits per heavy atom. The van der Waals surface area contributed by atoms with Crippen LogP contribution in [0, 0.1) is 0 Å². The van der Waals surface area contributed by atoms with Gasteiger partial charge in [-0.2, -0.15) is 0 Å². The lowest BCUT2D eigenvalue weighted by Gasteiger charge is -2.04. The van der Waals surface area contributed by atoms with Crippen LogP contribution in [0.25, 0.3) is 0 Å². The van der Waals surface area contributed by atoms with Crippen LogP contribution in [0.4, 0.5) is 4.79 Å². The first-order chi connectivity index (χ1) is 16.0. The van der Waals surface area contributed by atoms with Gasteiger partial charge >= 0.3 is 18.0 Å². The molecule has 0 aliphatic heterocycles. The van der Waals surface area contributed by atoms with E-state index in [0.29, 0.717) is 32.6 Å². The molecule has 4 N–H and O–H groups in total. The summed E-state index contributed by atoms with van der Waals surface area (Å²) in [4.78, 5) is 32.6. The third-order valence-electron chi connectivity index (χ3n) is 4.94. The summed E-state index contributed by atoms with van der Waals surface area (Å²) >= 11 is 0. The van der Waals surface area contributed by atoms with Gasteiger partial charge in [-0.3, -0.25) is 9.59 Å². The fourth-order valence-electron chi connectivity index (χ4n) is 2.93. The number of esters is 2. The molecule has 0 saturated carbocycles. The SMILES string of the molecule is CCCCCOC(=O)CCCCCCN.CCCCCOC(=O)CCCCCCNC(=O)O. The molecule has 1 amide bonds. The second-order valence-corrected chi connectivity index (χ2v) is 8.20. The Hall–Kier alpha value is -1.83. The summed E-state index contributed by atoms with van der Waals surface area (Å²) in [6, 6.07) is 0. The highest BCUT2D eigenvalue weighted by Crippen LogP contribution is 2.05. The van der Waals surface area contributed by atoms with Gasteiger partial charge in [-0.05, 0) is 45.1 Å². The number of hydrogen-bond donors (Lipinski definition) is 3. The van der Waals surface area contributed by atoms with Crippen molar-refractivity contribution in [1.82, 2.24) is 5.32 Å². The van der Waals surface area contributed by atoms with Gasteiger partial charge in [0.05, 0.1) is 13.2 Å². The smallest absolute Gasteiger partial charge is 0.404 e. The predicted molar refractivity (Wildman–Crippen MR) is 132 cm³/mol. The van der Waals surface area contributed by atoms with Crippen LogP contribution in [-0.2, 0) is 19.1 Å². The van der Waals surface area contributed by atoms with Crippen LogP contribution in [0.5, 0.6) is 0 Å². The number of amides is 1. The van der Waals surface area contributed by atoms with E-state index >= 15 is 0 Å².